The van der Waals surface area contributed by atoms with Crippen molar-refractivity contribution in [1.29, 1.82) is 0 Å². The Morgan fingerprint density at radius 2 is 2.20 bits per heavy atom. The van der Waals surface area contributed by atoms with Gasteiger partial charge in [0.05, 0.1) is 25.9 Å². The van der Waals surface area contributed by atoms with Gasteiger partial charge in [-0.1, -0.05) is 38.3 Å². The van der Waals surface area contributed by atoms with Crippen LogP contribution in [0.4, 0.5) is 0 Å². The Morgan fingerprint density at radius 3 is 2.95 bits per heavy atom. The summed E-state index contributed by atoms with van der Waals surface area (Å²) in [5.74, 6) is 1.68. The van der Waals surface area contributed by atoms with E-state index in [0.29, 0.717) is 12.7 Å². The van der Waals surface area contributed by atoms with Gasteiger partial charge in [0.2, 0.25) is 0 Å². The van der Waals surface area contributed by atoms with Crippen LogP contribution in [-0.4, -0.2) is 19.8 Å². The summed E-state index contributed by atoms with van der Waals surface area (Å²) in [6.45, 7) is 2.86. The zero-order chi connectivity index (χ0) is 14.4. The lowest BCUT2D eigenvalue weighted by Crippen LogP contribution is -2.26. The number of benzene rings is 1. The Hall–Kier alpha value is -1.06. The van der Waals surface area contributed by atoms with Crippen LogP contribution in [-0.2, 0) is 4.74 Å². The molecule has 0 radical (unpaired) electrons. The third-order valence-electron chi connectivity index (χ3n) is 4.35. The highest BCUT2D eigenvalue weighted by Gasteiger charge is 2.22. The van der Waals surface area contributed by atoms with Gasteiger partial charge in [-0.25, -0.2) is 0 Å². The quantitative estimate of drug-likeness (QED) is 0.862. The third kappa shape index (κ3) is 4.22. The van der Waals surface area contributed by atoms with Crippen LogP contribution >= 0.6 is 0 Å². The fourth-order valence-electron chi connectivity index (χ4n) is 2.97. The van der Waals surface area contributed by atoms with Gasteiger partial charge >= 0.3 is 0 Å². The van der Waals surface area contributed by atoms with Crippen LogP contribution in [0.1, 0.15) is 50.6 Å². The molecule has 0 heterocycles. The van der Waals surface area contributed by atoms with Gasteiger partial charge in [0.15, 0.2) is 0 Å². The minimum atomic E-state index is -0.0768. The van der Waals surface area contributed by atoms with Crippen LogP contribution in [0, 0.1) is 5.92 Å². The number of hydrogen-bond donors (Lipinski definition) is 1. The third-order valence-corrected chi connectivity index (χ3v) is 4.35. The molecule has 1 aromatic rings. The predicted molar refractivity (Wildman–Crippen MR) is 81.9 cm³/mol. The molecule has 0 amide bonds. The summed E-state index contributed by atoms with van der Waals surface area (Å²) >= 11 is 0. The number of methoxy groups -OCH3 is 1. The van der Waals surface area contributed by atoms with Crippen LogP contribution in [0.5, 0.6) is 5.75 Å². The molecule has 0 aromatic heterocycles. The molecule has 1 aliphatic rings. The molecule has 1 fully saturated rings. The van der Waals surface area contributed by atoms with Crippen molar-refractivity contribution in [3.63, 3.8) is 0 Å². The SMILES string of the molecule is CCC1CCCC(OCC(N)c2cccc(OC)c2)C1. The van der Waals surface area contributed by atoms with Crippen LogP contribution < -0.4 is 10.5 Å². The van der Waals surface area contributed by atoms with E-state index in [-0.39, 0.29) is 6.04 Å². The maximum atomic E-state index is 6.22. The average Bonchev–Trinajstić information content (AvgIpc) is 2.52. The average molecular weight is 277 g/mol. The number of nitrogens with two attached hydrogens (primary N) is 1. The van der Waals surface area contributed by atoms with Gasteiger partial charge in [0.1, 0.15) is 5.75 Å². The summed E-state index contributed by atoms with van der Waals surface area (Å²) in [7, 11) is 1.67. The van der Waals surface area contributed by atoms with Crippen molar-refractivity contribution in [2.24, 2.45) is 11.7 Å². The molecule has 0 aliphatic heterocycles. The maximum Gasteiger partial charge on any atom is 0.119 e. The molecule has 20 heavy (non-hydrogen) atoms. The smallest absolute Gasteiger partial charge is 0.119 e. The molecule has 1 aromatic carbocycles. The van der Waals surface area contributed by atoms with Crippen LogP contribution in [0.3, 0.4) is 0 Å². The largest absolute Gasteiger partial charge is 0.497 e. The second-order valence-electron chi connectivity index (χ2n) is 5.78. The topological polar surface area (TPSA) is 44.5 Å². The van der Waals surface area contributed by atoms with Crippen LogP contribution in [0.25, 0.3) is 0 Å². The lowest BCUT2D eigenvalue weighted by atomic mass is 9.85. The van der Waals surface area contributed by atoms with Gasteiger partial charge in [0.25, 0.3) is 0 Å². The molecule has 3 heteroatoms. The molecular formula is C17H27NO2. The standard InChI is InChI=1S/C17H27NO2/c1-3-13-6-4-9-16(10-13)20-12-17(18)14-7-5-8-15(11-14)19-2/h5,7-8,11,13,16-17H,3-4,6,9-10,12,18H2,1-2H3. The Kier molecular flexibility index (Phi) is 5.86. The summed E-state index contributed by atoms with van der Waals surface area (Å²) < 4.78 is 11.3. The van der Waals surface area contributed by atoms with Gasteiger partial charge in [-0.2, -0.15) is 0 Å². The van der Waals surface area contributed by atoms with Crippen molar-refractivity contribution in [3.8, 4) is 5.75 Å². The maximum absolute atomic E-state index is 6.22. The fourth-order valence-corrected chi connectivity index (χ4v) is 2.97. The Balaban J connectivity index is 1.83. The lowest BCUT2D eigenvalue weighted by Gasteiger charge is -2.29. The molecule has 0 bridgehead atoms. The van der Waals surface area contributed by atoms with E-state index >= 15 is 0 Å². The Bertz CT molecular complexity index is 408. The molecule has 2 rings (SSSR count). The zero-order valence-corrected chi connectivity index (χ0v) is 12.7. The zero-order valence-electron chi connectivity index (χ0n) is 12.7. The van der Waals surface area contributed by atoms with E-state index in [9.17, 15) is 0 Å². The normalized spacial score (nSPS) is 24.4. The first kappa shape index (κ1) is 15.3. The molecule has 3 atom stereocenters. The number of rotatable bonds is 6. The molecule has 3 nitrogen and oxygen atoms in total. The van der Waals surface area contributed by atoms with Gasteiger partial charge in [-0.3, -0.25) is 0 Å². The fraction of sp³-hybridized carbons (Fsp3) is 0.647. The summed E-state index contributed by atoms with van der Waals surface area (Å²) in [4.78, 5) is 0. The van der Waals surface area contributed by atoms with E-state index in [0.717, 1.165) is 17.2 Å². The van der Waals surface area contributed by atoms with Crippen molar-refractivity contribution in [2.75, 3.05) is 13.7 Å². The first-order valence-corrected chi connectivity index (χ1v) is 7.74. The predicted octanol–water partition coefficient (Wildman–Crippen LogP) is 3.68. The summed E-state index contributed by atoms with van der Waals surface area (Å²) in [5, 5.41) is 0. The highest BCUT2D eigenvalue weighted by Crippen LogP contribution is 2.29. The molecule has 0 saturated heterocycles. The summed E-state index contributed by atoms with van der Waals surface area (Å²) in [6.07, 6.45) is 6.69. The first-order valence-electron chi connectivity index (χ1n) is 7.74. The van der Waals surface area contributed by atoms with Crippen LogP contribution in [0.2, 0.25) is 0 Å². The van der Waals surface area contributed by atoms with E-state index in [2.05, 4.69) is 6.92 Å². The summed E-state index contributed by atoms with van der Waals surface area (Å²) in [5.41, 5.74) is 7.30. The van der Waals surface area contributed by atoms with Gasteiger partial charge in [-0.15, -0.1) is 0 Å². The van der Waals surface area contributed by atoms with Crippen LogP contribution in [0.15, 0.2) is 24.3 Å². The van der Waals surface area contributed by atoms with E-state index in [1.54, 1.807) is 7.11 Å². The lowest BCUT2D eigenvalue weighted by molar-refractivity contribution is 0.00560. The molecule has 1 aliphatic carbocycles. The second kappa shape index (κ2) is 7.65. The monoisotopic (exact) mass is 277 g/mol. The molecule has 2 N–H and O–H groups in total. The van der Waals surface area contributed by atoms with Crippen molar-refractivity contribution in [3.05, 3.63) is 29.8 Å². The van der Waals surface area contributed by atoms with Crippen molar-refractivity contribution < 1.29 is 9.47 Å². The molecular weight excluding hydrogens is 250 g/mol. The minimum Gasteiger partial charge on any atom is -0.497 e. The number of ether oxygens (including phenoxy) is 2. The highest BCUT2D eigenvalue weighted by molar-refractivity contribution is 5.30. The number of hydrogen-bond acceptors (Lipinski definition) is 3. The molecule has 3 unspecified atom stereocenters. The van der Waals surface area contributed by atoms with E-state index in [4.69, 9.17) is 15.2 Å². The van der Waals surface area contributed by atoms with Gasteiger partial charge < -0.3 is 15.2 Å². The summed E-state index contributed by atoms with van der Waals surface area (Å²) in [6, 6.07) is 7.86. The molecule has 0 spiro atoms. The van der Waals surface area contributed by atoms with E-state index in [1.165, 1.54) is 32.1 Å². The van der Waals surface area contributed by atoms with E-state index in [1.807, 2.05) is 24.3 Å². The van der Waals surface area contributed by atoms with Gasteiger partial charge in [0, 0.05) is 0 Å². The van der Waals surface area contributed by atoms with Crippen molar-refractivity contribution in [2.45, 2.75) is 51.2 Å². The first-order chi connectivity index (χ1) is 9.72. The molecule has 1 saturated carbocycles. The van der Waals surface area contributed by atoms with Crippen molar-refractivity contribution >= 4 is 0 Å². The Morgan fingerprint density at radius 1 is 1.35 bits per heavy atom. The van der Waals surface area contributed by atoms with Gasteiger partial charge in [-0.05, 0) is 36.5 Å². The Labute approximate surface area is 122 Å². The van der Waals surface area contributed by atoms with E-state index < -0.39 is 0 Å². The highest BCUT2D eigenvalue weighted by atomic mass is 16.5. The second-order valence-corrected chi connectivity index (χ2v) is 5.78. The van der Waals surface area contributed by atoms with Crippen molar-refractivity contribution in [1.82, 2.24) is 0 Å². The minimum absolute atomic E-state index is 0.0768. The molecule has 112 valence electrons.